The van der Waals surface area contributed by atoms with Crippen LogP contribution in [0.2, 0.25) is 0 Å². The average Bonchev–Trinajstić information content (AvgIpc) is 3.06. The molecule has 2 aromatic rings. The van der Waals surface area contributed by atoms with Crippen LogP contribution in [0.3, 0.4) is 0 Å². The Hall–Kier alpha value is -2.83. The zero-order valence-corrected chi connectivity index (χ0v) is 13.7. The van der Waals surface area contributed by atoms with Gasteiger partial charge in [0, 0.05) is 44.1 Å². The number of carbonyl (C=O) groups is 2. The highest BCUT2D eigenvalue weighted by molar-refractivity contribution is 6.00. The predicted octanol–water partition coefficient (Wildman–Crippen LogP) is 1.82. The van der Waals surface area contributed by atoms with Crippen molar-refractivity contribution in [1.82, 2.24) is 19.4 Å². The van der Waals surface area contributed by atoms with Crippen molar-refractivity contribution in [2.45, 2.75) is 26.6 Å². The number of nitrogens with one attached hydrogen (secondary N) is 1. The van der Waals surface area contributed by atoms with Gasteiger partial charge in [-0.3, -0.25) is 4.79 Å². The fourth-order valence-corrected chi connectivity index (χ4v) is 3.29. The van der Waals surface area contributed by atoms with Crippen LogP contribution in [0.25, 0.3) is 0 Å². The Bertz CT molecular complexity index is 842. The smallest absolute Gasteiger partial charge is 0.322 e. The van der Waals surface area contributed by atoms with Gasteiger partial charge in [-0.2, -0.15) is 0 Å². The van der Waals surface area contributed by atoms with Gasteiger partial charge in [-0.25, -0.2) is 9.78 Å². The number of fused-ring (bicyclic) bond motifs is 2. The van der Waals surface area contributed by atoms with Crippen molar-refractivity contribution in [3.8, 4) is 0 Å². The molecule has 24 heavy (non-hydrogen) atoms. The van der Waals surface area contributed by atoms with Gasteiger partial charge in [0.15, 0.2) is 0 Å². The number of benzene rings is 1. The van der Waals surface area contributed by atoms with E-state index in [1.807, 2.05) is 25.3 Å². The minimum atomic E-state index is -0.166. The first-order chi connectivity index (χ1) is 11.5. The maximum absolute atomic E-state index is 12.5. The second kappa shape index (κ2) is 5.36. The van der Waals surface area contributed by atoms with E-state index in [1.165, 1.54) is 0 Å². The molecule has 1 N–H and O–H groups in total. The number of anilines is 1. The molecule has 0 spiro atoms. The van der Waals surface area contributed by atoms with Gasteiger partial charge >= 0.3 is 6.03 Å². The number of nitrogens with zero attached hydrogens (tertiary/aromatic N) is 4. The zero-order valence-electron chi connectivity index (χ0n) is 13.7. The van der Waals surface area contributed by atoms with Crippen LogP contribution < -0.4 is 5.32 Å². The Labute approximate surface area is 139 Å². The van der Waals surface area contributed by atoms with Crippen molar-refractivity contribution in [3.05, 3.63) is 47.0 Å². The van der Waals surface area contributed by atoms with Gasteiger partial charge in [0.2, 0.25) is 0 Å². The number of aryl methyl sites for hydroxylation is 1. The van der Waals surface area contributed by atoms with E-state index in [0.29, 0.717) is 30.9 Å². The Morgan fingerprint density at radius 3 is 2.92 bits per heavy atom. The van der Waals surface area contributed by atoms with Crippen LogP contribution in [0.5, 0.6) is 0 Å². The van der Waals surface area contributed by atoms with E-state index in [4.69, 9.17) is 0 Å². The number of hydrogen-bond acceptors (Lipinski definition) is 3. The van der Waals surface area contributed by atoms with E-state index in [2.05, 4.69) is 14.9 Å². The Balaban J connectivity index is 1.49. The summed E-state index contributed by atoms with van der Waals surface area (Å²) >= 11 is 0. The summed E-state index contributed by atoms with van der Waals surface area (Å²) in [6, 6.07) is 5.34. The van der Waals surface area contributed by atoms with Crippen LogP contribution in [-0.2, 0) is 19.6 Å². The highest BCUT2D eigenvalue weighted by atomic mass is 16.2. The first kappa shape index (κ1) is 14.7. The molecule has 1 aromatic heterocycles. The second-order valence-electron chi connectivity index (χ2n) is 6.38. The van der Waals surface area contributed by atoms with E-state index in [-0.39, 0.29) is 11.9 Å². The van der Waals surface area contributed by atoms with Crippen molar-refractivity contribution in [3.63, 3.8) is 0 Å². The monoisotopic (exact) mass is 325 g/mol. The first-order valence-corrected chi connectivity index (χ1v) is 7.98. The number of carbonyl (C=O) groups excluding carboxylic acids is 2. The quantitative estimate of drug-likeness (QED) is 0.869. The second-order valence-corrected chi connectivity index (χ2v) is 6.38. The lowest BCUT2D eigenvalue weighted by molar-refractivity contribution is 0.0816. The molecule has 0 fully saturated rings. The van der Waals surface area contributed by atoms with Gasteiger partial charge in [0.05, 0.1) is 12.2 Å². The minimum Gasteiger partial charge on any atom is -0.337 e. The number of hydrogen-bond donors (Lipinski definition) is 1. The van der Waals surface area contributed by atoms with Crippen LogP contribution in [-0.4, -0.2) is 44.9 Å². The minimum absolute atomic E-state index is 0.00317. The standard InChI is InChI=1S/C17H19N5O2/c1-11-8-21-5-6-22(10-15(21)18-11)17(24)19-13-4-3-12-9-20(2)16(23)14(12)7-13/h3-4,7-8H,5-6,9-10H2,1-2H3,(H,19,24). The third-order valence-corrected chi connectivity index (χ3v) is 4.56. The van der Waals surface area contributed by atoms with Crippen molar-refractivity contribution >= 4 is 17.6 Å². The molecule has 3 heterocycles. The number of rotatable bonds is 1. The summed E-state index contributed by atoms with van der Waals surface area (Å²) in [4.78, 5) is 32.4. The van der Waals surface area contributed by atoms with E-state index >= 15 is 0 Å². The highest BCUT2D eigenvalue weighted by Crippen LogP contribution is 2.25. The zero-order chi connectivity index (χ0) is 16.8. The Morgan fingerprint density at radius 2 is 2.08 bits per heavy atom. The molecule has 0 aliphatic carbocycles. The fraction of sp³-hybridized carbons (Fsp3) is 0.353. The number of amides is 3. The van der Waals surface area contributed by atoms with E-state index in [0.717, 1.165) is 23.6 Å². The molecule has 0 atom stereocenters. The molecule has 0 saturated carbocycles. The summed E-state index contributed by atoms with van der Waals surface area (Å²) in [5, 5.41) is 2.89. The fourth-order valence-electron chi connectivity index (χ4n) is 3.29. The van der Waals surface area contributed by atoms with Crippen molar-refractivity contribution in [1.29, 1.82) is 0 Å². The molecule has 7 nitrogen and oxygen atoms in total. The first-order valence-electron chi connectivity index (χ1n) is 7.98. The maximum atomic E-state index is 12.5. The molecule has 4 rings (SSSR count). The number of urea groups is 1. The predicted molar refractivity (Wildman–Crippen MR) is 88.6 cm³/mol. The summed E-state index contributed by atoms with van der Waals surface area (Å²) < 4.78 is 2.09. The third-order valence-electron chi connectivity index (χ3n) is 4.56. The van der Waals surface area contributed by atoms with Crippen molar-refractivity contribution in [2.24, 2.45) is 0 Å². The van der Waals surface area contributed by atoms with Gasteiger partial charge in [0.25, 0.3) is 5.91 Å². The highest BCUT2D eigenvalue weighted by Gasteiger charge is 2.26. The Kier molecular flexibility index (Phi) is 3.30. The van der Waals surface area contributed by atoms with Crippen LogP contribution >= 0.6 is 0 Å². The number of aromatic nitrogens is 2. The lowest BCUT2D eigenvalue weighted by Crippen LogP contribution is -2.40. The van der Waals surface area contributed by atoms with Gasteiger partial charge in [-0.15, -0.1) is 0 Å². The van der Waals surface area contributed by atoms with Crippen LogP contribution in [0.4, 0.5) is 10.5 Å². The molecule has 0 saturated heterocycles. The summed E-state index contributed by atoms with van der Waals surface area (Å²) in [5.41, 5.74) is 3.28. The van der Waals surface area contributed by atoms with Crippen LogP contribution in [0.1, 0.15) is 27.4 Å². The van der Waals surface area contributed by atoms with Gasteiger partial charge in [-0.1, -0.05) is 6.07 Å². The van der Waals surface area contributed by atoms with Crippen LogP contribution in [0.15, 0.2) is 24.4 Å². The van der Waals surface area contributed by atoms with Crippen molar-refractivity contribution < 1.29 is 9.59 Å². The molecule has 7 heteroatoms. The summed E-state index contributed by atoms with van der Waals surface area (Å²) in [6.45, 7) is 4.45. The lowest BCUT2D eigenvalue weighted by atomic mass is 10.1. The van der Waals surface area contributed by atoms with E-state index < -0.39 is 0 Å². The molecular formula is C17H19N5O2. The van der Waals surface area contributed by atoms with Crippen molar-refractivity contribution in [2.75, 3.05) is 18.9 Å². The molecule has 0 unspecified atom stereocenters. The Morgan fingerprint density at radius 1 is 1.25 bits per heavy atom. The molecule has 2 aliphatic rings. The van der Waals surface area contributed by atoms with Gasteiger partial charge < -0.3 is 19.7 Å². The molecule has 0 bridgehead atoms. The largest absolute Gasteiger partial charge is 0.337 e. The summed E-state index contributed by atoms with van der Waals surface area (Å²) in [5.74, 6) is 0.899. The molecule has 1 aromatic carbocycles. The van der Waals surface area contributed by atoms with Crippen LogP contribution in [0, 0.1) is 6.92 Å². The number of imidazole rings is 1. The molecule has 3 amide bonds. The summed E-state index contributed by atoms with van der Waals surface area (Å²) in [7, 11) is 1.78. The maximum Gasteiger partial charge on any atom is 0.322 e. The SMILES string of the molecule is Cc1cn2c(n1)CN(C(=O)Nc1ccc3c(c1)C(=O)N(C)C3)CC2. The van der Waals surface area contributed by atoms with Gasteiger partial charge in [0.1, 0.15) is 5.82 Å². The molecule has 2 aliphatic heterocycles. The third kappa shape index (κ3) is 2.42. The lowest BCUT2D eigenvalue weighted by Gasteiger charge is -2.27. The topological polar surface area (TPSA) is 70.5 Å². The van der Waals surface area contributed by atoms with E-state index in [1.54, 1.807) is 22.9 Å². The van der Waals surface area contributed by atoms with E-state index in [9.17, 15) is 9.59 Å². The molecular weight excluding hydrogens is 306 g/mol. The summed E-state index contributed by atoms with van der Waals surface area (Å²) in [6.07, 6.45) is 2.01. The molecule has 124 valence electrons. The van der Waals surface area contributed by atoms with Gasteiger partial charge in [-0.05, 0) is 24.6 Å². The average molecular weight is 325 g/mol. The molecule has 0 radical (unpaired) electrons. The normalized spacial score (nSPS) is 16.2.